The molecule has 0 aliphatic carbocycles. The molecular weight excluding hydrogens is 164 g/mol. The van der Waals surface area contributed by atoms with Gasteiger partial charge in [0.15, 0.2) is 0 Å². The molecule has 0 aromatic carbocycles. The van der Waals surface area contributed by atoms with Crippen molar-refractivity contribution in [2.75, 3.05) is 0 Å². The van der Waals surface area contributed by atoms with E-state index < -0.39 is 0 Å². The minimum Gasteiger partial charge on any atom is -0.460 e. The first-order valence-electron chi connectivity index (χ1n) is 4.94. The highest BCUT2D eigenvalue weighted by atomic mass is 16.5. The third-order valence-electron chi connectivity index (χ3n) is 1.64. The van der Waals surface area contributed by atoms with E-state index in [1.807, 2.05) is 20.8 Å². The van der Waals surface area contributed by atoms with Gasteiger partial charge in [-0.25, -0.2) is 4.79 Å². The monoisotopic (exact) mass is 184 g/mol. The SMILES string of the molecule is CCCC/C(C)=C\C(=O)OC(C)C. The fourth-order valence-electron chi connectivity index (χ4n) is 0.995. The molecule has 0 bridgehead atoms. The number of unbranched alkanes of at least 4 members (excludes halogenated alkanes) is 1. The summed E-state index contributed by atoms with van der Waals surface area (Å²) in [7, 11) is 0. The van der Waals surface area contributed by atoms with Crippen LogP contribution in [0.3, 0.4) is 0 Å². The Morgan fingerprint density at radius 3 is 2.54 bits per heavy atom. The van der Waals surface area contributed by atoms with E-state index in [0.29, 0.717) is 0 Å². The molecule has 2 heteroatoms. The van der Waals surface area contributed by atoms with E-state index in [9.17, 15) is 4.79 Å². The highest BCUT2D eigenvalue weighted by molar-refractivity contribution is 5.82. The average molecular weight is 184 g/mol. The van der Waals surface area contributed by atoms with E-state index in [1.165, 1.54) is 0 Å². The van der Waals surface area contributed by atoms with Gasteiger partial charge >= 0.3 is 5.97 Å². The molecule has 0 rings (SSSR count). The Bertz CT molecular complexity index is 181. The molecule has 2 nitrogen and oxygen atoms in total. The lowest BCUT2D eigenvalue weighted by Gasteiger charge is -2.05. The van der Waals surface area contributed by atoms with Crippen molar-refractivity contribution in [3.63, 3.8) is 0 Å². The normalized spacial score (nSPS) is 11.9. The van der Waals surface area contributed by atoms with E-state index in [2.05, 4.69) is 6.92 Å². The van der Waals surface area contributed by atoms with Crippen molar-refractivity contribution in [3.8, 4) is 0 Å². The number of ether oxygens (including phenoxy) is 1. The molecule has 0 aromatic rings. The van der Waals surface area contributed by atoms with Crippen LogP contribution in [-0.4, -0.2) is 12.1 Å². The molecule has 13 heavy (non-hydrogen) atoms. The van der Waals surface area contributed by atoms with Crippen LogP contribution in [0.2, 0.25) is 0 Å². The smallest absolute Gasteiger partial charge is 0.330 e. The minimum absolute atomic E-state index is 0.0253. The van der Waals surface area contributed by atoms with Crippen LogP contribution in [0.15, 0.2) is 11.6 Å². The second kappa shape index (κ2) is 6.70. The molecule has 0 heterocycles. The molecule has 0 spiro atoms. The summed E-state index contributed by atoms with van der Waals surface area (Å²) >= 11 is 0. The Kier molecular flexibility index (Phi) is 6.29. The predicted octanol–water partition coefficient (Wildman–Crippen LogP) is 3.07. The molecule has 0 N–H and O–H groups in total. The van der Waals surface area contributed by atoms with Gasteiger partial charge in [-0.2, -0.15) is 0 Å². The molecule has 0 atom stereocenters. The summed E-state index contributed by atoms with van der Waals surface area (Å²) in [5.74, 6) is -0.219. The van der Waals surface area contributed by atoms with Crippen LogP contribution >= 0.6 is 0 Å². The van der Waals surface area contributed by atoms with Crippen LogP contribution in [-0.2, 0) is 9.53 Å². The molecular formula is C11H20O2. The van der Waals surface area contributed by atoms with Crippen molar-refractivity contribution in [2.24, 2.45) is 0 Å². The lowest BCUT2D eigenvalue weighted by atomic mass is 10.1. The molecule has 76 valence electrons. The third-order valence-corrected chi connectivity index (χ3v) is 1.64. The van der Waals surface area contributed by atoms with Gasteiger partial charge in [-0.15, -0.1) is 0 Å². The second-order valence-electron chi connectivity index (χ2n) is 3.58. The summed E-state index contributed by atoms with van der Waals surface area (Å²) in [6, 6.07) is 0. The van der Waals surface area contributed by atoms with E-state index in [1.54, 1.807) is 6.08 Å². The number of esters is 1. The zero-order valence-electron chi connectivity index (χ0n) is 9.09. The summed E-state index contributed by atoms with van der Waals surface area (Å²) in [6.07, 6.45) is 4.85. The van der Waals surface area contributed by atoms with Gasteiger partial charge in [-0.1, -0.05) is 18.9 Å². The highest BCUT2D eigenvalue weighted by Gasteiger charge is 2.01. The standard InChI is InChI=1S/C11H20O2/c1-5-6-7-10(4)8-11(12)13-9(2)3/h8-9H,5-7H2,1-4H3/b10-8-. The summed E-state index contributed by atoms with van der Waals surface area (Å²) in [5, 5.41) is 0. The van der Waals surface area contributed by atoms with Gasteiger partial charge in [-0.05, 0) is 33.6 Å². The van der Waals surface area contributed by atoms with Crippen LogP contribution < -0.4 is 0 Å². The fourth-order valence-corrected chi connectivity index (χ4v) is 0.995. The maximum Gasteiger partial charge on any atom is 0.330 e. The van der Waals surface area contributed by atoms with Crippen molar-refractivity contribution in [1.29, 1.82) is 0 Å². The quantitative estimate of drug-likeness (QED) is 0.485. The van der Waals surface area contributed by atoms with Gasteiger partial charge in [0.1, 0.15) is 0 Å². The number of hydrogen-bond acceptors (Lipinski definition) is 2. The van der Waals surface area contributed by atoms with E-state index in [-0.39, 0.29) is 12.1 Å². The molecule has 0 aliphatic heterocycles. The molecule has 0 amide bonds. The molecule has 0 radical (unpaired) electrons. The van der Waals surface area contributed by atoms with Crippen LogP contribution in [0, 0.1) is 0 Å². The first-order chi connectivity index (χ1) is 6.06. The minimum atomic E-state index is -0.219. The van der Waals surface area contributed by atoms with Crippen molar-refractivity contribution in [2.45, 2.75) is 53.1 Å². The Hall–Kier alpha value is -0.790. The molecule has 0 saturated carbocycles. The summed E-state index contributed by atoms with van der Waals surface area (Å²) in [5.41, 5.74) is 1.10. The first kappa shape index (κ1) is 12.2. The van der Waals surface area contributed by atoms with Crippen LogP contribution in [0.1, 0.15) is 47.0 Å². The predicted molar refractivity (Wildman–Crippen MR) is 54.5 cm³/mol. The lowest BCUT2D eigenvalue weighted by Crippen LogP contribution is -2.08. The van der Waals surface area contributed by atoms with Gasteiger partial charge in [0, 0.05) is 6.08 Å². The first-order valence-corrected chi connectivity index (χ1v) is 4.94. The zero-order chi connectivity index (χ0) is 10.3. The summed E-state index contributed by atoms with van der Waals surface area (Å²) in [4.78, 5) is 11.1. The Morgan fingerprint density at radius 2 is 2.08 bits per heavy atom. The number of allylic oxidation sites excluding steroid dienone is 1. The van der Waals surface area contributed by atoms with Gasteiger partial charge in [0.2, 0.25) is 0 Å². The molecule has 0 unspecified atom stereocenters. The van der Waals surface area contributed by atoms with E-state index >= 15 is 0 Å². The number of hydrogen-bond donors (Lipinski definition) is 0. The zero-order valence-corrected chi connectivity index (χ0v) is 9.09. The van der Waals surface area contributed by atoms with Crippen LogP contribution in [0.5, 0.6) is 0 Å². The van der Waals surface area contributed by atoms with E-state index in [0.717, 1.165) is 24.8 Å². The fraction of sp³-hybridized carbons (Fsp3) is 0.727. The lowest BCUT2D eigenvalue weighted by molar-refractivity contribution is -0.141. The maximum atomic E-state index is 11.1. The van der Waals surface area contributed by atoms with Crippen molar-refractivity contribution in [1.82, 2.24) is 0 Å². The van der Waals surface area contributed by atoms with Gasteiger partial charge in [-0.3, -0.25) is 0 Å². The maximum absolute atomic E-state index is 11.1. The van der Waals surface area contributed by atoms with E-state index in [4.69, 9.17) is 4.74 Å². The van der Waals surface area contributed by atoms with Crippen molar-refractivity contribution < 1.29 is 9.53 Å². The second-order valence-corrected chi connectivity index (χ2v) is 3.58. The number of carbonyl (C=O) groups excluding carboxylic acids is 1. The number of rotatable bonds is 5. The Labute approximate surface area is 81.0 Å². The van der Waals surface area contributed by atoms with Crippen molar-refractivity contribution in [3.05, 3.63) is 11.6 Å². The topological polar surface area (TPSA) is 26.3 Å². The van der Waals surface area contributed by atoms with Crippen LogP contribution in [0.25, 0.3) is 0 Å². The molecule has 0 aromatic heterocycles. The molecule has 0 aliphatic rings. The van der Waals surface area contributed by atoms with Gasteiger partial charge < -0.3 is 4.74 Å². The average Bonchev–Trinajstić information content (AvgIpc) is 1.98. The highest BCUT2D eigenvalue weighted by Crippen LogP contribution is 2.06. The Morgan fingerprint density at radius 1 is 1.46 bits per heavy atom. The molecule has 0 fully saturated rings. The summed E-state index contributed by atoms with van der Waals surface area (Å²) in [6.45, 7) is 7.82. The van der Waals surface area contributed by atoms with Crippen molar-refractivity contribution >= 4 is 5.97 Å². The molecule has 0 saturated heterocycles. The van der Waals surface area contributed by atoms with Gasteiger partial charge in [0.25, 0.3) is 0 Å². The Balaban J connectivity index is 3.84. The number of carbonyl (C=O) groups is 1. The third kappa shape index (κ3) is 7.57. The van der Waals surface area contributed by atoms with Crippen LogP contribution in [0.4, 0.5) is 0 Å². The summed E-state index contributed by atoms with van der Waals surface area (Å²) < 4.78 is 4.99. The largest absolute Gasteiger partial charge is 0.460 e. The van der Waals surface area contributed by atoms with Gasteiger partial charge in [0.05, 0.1) is 6.10 Å².